The van der Waals surface area contributed by atoms with E-state index in [9.17, 15) is 22.8 Å². The predicted octanol–water partition coefficient (Wildman–Crippen LogP) is 4.34. The number of ether oxygens (including phenoxy) is 1. The maximum absolute atomic E-state index is 13.1. The summed E-state index contributed by atoms with van der Waals surface area (Å²) in [6, 6.07) is 8.28. The van der Waals surface area contributed by atoms with Crippen molar-refractivity contribution in [3.8, 4) is 11.3 Å². The highest BCUT2D eigenvalue weighted by atomic mass is 79.9. The summed E-state index contributed by atoms with van der Waals surface area (Å²) < 4.78 is 46.2. The number of amides is 1. The molecule has 13 heteroatoms. The number of nitrogens with zero attached hydrogens (tertiary/aromatic N) is 5. The van der Waals surface area contributed by atoms with Gasteiger partial charge < -0.3 is 10.1 Å². The number of rotatable bonds is 5. The molecular formula is C21H16BrF3N6O3. The van der Waals surface area contributed by atoms with Crippen LogP contribution >= 0.6 is 15.9 Å². The van der Waals surface area contributed by atoms with Crippen LogP contribution in [0.3, 0.4) is 0 Å². The van der Waals surface area contributed by atoms with E-state index in [2.05, 4.69) is 36.4 Å². The van der Waals surface area contributed by atoms with Crippen LogP contribution in [0, 0.1) is 0 Å². The molecule has 1 aromatic carbocycles. The van der Waals surface area contributed by atoms with Crippen LogP contribution in [-0.2, 0) is 18.0 Å². The number of anilines is 1. The Labute approximate surface area is 198 Å². The Morgan fingerprint density at radius 1 is 1.24 bits per heavy atom. The van der Waals surface area contributed by atoms with Gasteiger partial charge in [-0.05, 0) is 41.1 Å². The molecule has 4 aromatic rings. The summed E-state index contributed by atoms with van der Waals surface area (Å²) >= 11 is 2.83. The summed E-state index contributed by atoms with van der Waals surface area (Å²) in [5, 5.41) is 10.2. The highest BCUT2D eigenvalue weighted by molar-refractivity contribution is 9.10. The quantitative estimate of drug-likeness (QED) is 0.380. The molecule has 9 nitrogen and oxygen atoms in total. The van der Waals surface area contributed by atoms with Crippen LogP contribution in [0.2, 0.25) is 0 Å². The number of hydrogen-bond acceptors (Lipinski definition) is 6. The van der Waals surface area contributed by atoms with Gasteiger partial charge >= 0.3 is 12.1 Å². The second-order valence-electron chi connectivity index (χ2n) is 7.01. The number of carbonyl (C=O) groups excluding carboxylic acids is 2. The average Bonchev–Trinajstić information content (AvgIpc) is 3.34. The Morgan fingerprint density at radius 2 is 2.00 bits per heavy atom. The van der Waals surface area contributed by atoms with Crippen LogP contribution in [0.5, 0.6) is 0 Å². The highest BCUT2D eigenvalue weighted by Crippen LogP contribution is 2.36. The molecule has 0 aliphatic rings. The van der Waals surface area contributed by atoms with Crippen molar-refractivity contribution in [2.45, 2.75) is 13.1 Å². The summed E-state index contributed by atoms with van der Waals surface area (Å²) in [6.07, 6.45) is -1.85. The molecule has 0 radical (unpaired) electrons. The molecule has 0 spiro atoms. The van der Waals surface area contributed by atoms with E-state index in [-0.39, 0.29) is 17.9 Å². The van der Waals surface area contributed by atoms with Crippen molar-refractivity contribution in [2.24, 2.45) is 7.05 Å². The molecule has 3 heterocycles. The van der Waals surface area contributed by atoms with Crippen molar-refractivity contribution in [2.75, 3.05) is 11.9 Å². The Hall–Kier alpha value is -3.74. The summed E-state index contributed by atoms with van der Waals surface area (Å²) in [6.45, 7) is 1.89. The van der Waals surface area contributed by atoms with Gasteiger partial charge in [-0.3, -0.25) is 9.48 Å². The lowest BCUT2D eigenvalue weighted by molar-refractivity contribution is -0.142. The minimum absolute atomic E-state index is 0.203. The number of hydrogen-bond donors (Lipinski definition) is 1. The van der Waals surface area contributed by atoms with E-state index >= 15 is 0 Å². The molecule has 0 saturated heterocycles. The molecular weight excluding hydrogens is 521 g/mol. The maximum Gasteiger partial charge on any atom is 0.436 e. The molecule has 3 aromatic heterocycles. The minimum atomic E-state index is -4.71. The standard InChI is InChI=1S/C21H16BrF3N6O3/c1-3-34-20(33)13-10-27-31-14(7-8-26-18(13)31)11-5-4-6-12(9-11)28-19(32)16-15(22)17(21(23,24)25)29-30(16)2/h4-10H,3H2,1-2H3,(H,28,32). The maximum atomic E-state index is 13.1. The summed E-state index contributed by atoms with van der Waals surface area (Å²) in [7, 11) is 1.25. The lowest BCUT2D eigenvalue weighted by Crippen LogP contribution is -2.16. The summed E-state index contributed by atoms with van der Waals surface area (Å²) in [4.78, 5) is 29.1. The second kappa shape index (κ2) is 8.89. The van der Waals surface area contributed by atoms with Gasteiger partial charge in [-0.2, -0.15) is 23.4 Å². The fourth-order valence-corrected chi connectivity index (χ4v) is 4.08. The van der Waals surface area contributed by atoms with Crippen LogP contribution in [-0.4, -0.2) is 42.9 Å². The molecule has 1 N–H and O–H groups in total. The molecule has 34 heavy (non-hydrogen) atoms. The molecule has 0 fully saturated rings. The second-order valence-corrected chi connectivity index (χ2v) is 7.80. The number of alkyl halides is 3. The van der Waals surface area contributed by atoms with Crippen LogP contribution in [0.25, 0.3) is 16.9 Å². The van der Waals surface area contributed by atoms with Gasteiger partial charge in [0.15, 0.2) is 11.3 Å². The molecule has 0 atom stereocenters. The van der Waals surface area contributed by atoms with Gasteiger partial charge in [-0.15, -0.1) is 0 Å². The Morgan fingerprint density at radius 3 is 2.68 bits per heavy atom. The van der Waals surface area contributed by atoms with E-state index < -0.39 is 28.2 Å². The van der Waals surface area contributed by atoms with Gasteiger partial charge in [-0.25, -0.2) is 14.3 Å². The minimum Gasteiger partial charge on any atom is -0.462 e. The lowest BCUT2D eigenvalue weighted by atomic mass is 10.1. The third-order valence-electron chi connectivity index (χ3n) is 4.79. The van der Waals surface area contributed by atoms with Crippen LogP contribution in [0.4, 0.5) is 18.9 Å². The Bertz CT molecular complexity index is 1410. The highest BCUT2D eigenvalue weighted by Gasteiger charge is 2.39. The smallest absolute Gasteiger partial charge is 0.436 e. The molecule has 0 unspecified atom stereocenters. The Kier molecular flexibility index (Phi) is 6.13. The first-order valence-corrected chi connectivity index (χ1v) is 10.6. The normalized spacial score (nSPS) is 11.6. The molecule has 176 valence electrons. The number of halogens is 4. The number of esters is 1. The van der Waals surface area contributed by atoms with Gasteiger partial charge in [-0.1, -0.05) is 12.1 Å². The van der Waals surface area contributed by atoms with E-state index in [0.29, 0.717) is 22.6 Å². The van der Waals surface area contributed by atoms with Gasteiger partial charge in [0.25, 0.3) is 5.91 Å². The van der Waals surface area contributed by atoms with E-state index in [1.165, 1.54) is 24.0 Å². The first-order chi connectivity index (χ1) is 16.1. The first-order valence-electron chi connectivity index (χ1n) is 9.83. The monoisotopic (exact) mass is 536 g/mol. The topological polar surface area (TPSA) is 103 Å². The van der Waals surface area contributed by atoms with Crippen molar-refractivity contribution in [1.82, 2.24) is 24.4 Å². The summed E-state index contributed by atoms with van der Waals surface area (Å²) in [5.41, 5.74) is 0.534. The largest absolute Gasteiger partial charge is 0.462 e. The van der Waals surface area contributed by atoms with Crippen molar-refractivity contribution in [1.29, 1.82) is 0 Å². The van der Waals surface area contributed by atoms with E-state index in [1.807, 2.05) is 0 Å². The zero-order chi connectivity index (χ0) is 24.6. The van der Waals surface area contributed by atoms with Gasteiger partial charge in [0, 0.05) is 24.5 Å². The van der Waals surface area contributed by atoms with E-state index in [0.717, 1.165) is 4.68 Å². The zero-order valence-electron chi connectivity index (χ0n) is 17.7. The third kappa shape index (κ3) is 4.25. The van der Waals surface area contributed by atoms with Crippen LogP contribution < -0.4 is 5.32 Å². The van der Waals surface area contributed by atoms with Gasteiger partial charge in [0.05, 0.1) is 23.0 Å². The number of carbonyl (C=O) groups is 2. The van der Waals surface area contributed by atoms with E-state index in [1.54, 1.807) is 37.3 Å². The number of nitrogens with one attached hydrogen (secondary N) is 1. The molecule has 0 aliphatic carbocycles. The molecule has 4 rings (SSSR count). The van der Waals surface area contributed by atoms with E-state index in [4.69, 9.17) is 4.74 Å². The fourth-order valence-electron chi connectivity index (χ4n) is 3.34. The number of benzene rings is 1. The average molecular weight is 537 g/mol. The molecule has 1 amide bonds. The fraction of sp³-hybridized carbons (Fsp3) is 0.190. The van der Waals surface area contributed by atoms with Crippen molar-refractivity contribution in [3.63, 3.8) is 0 Å². The SMILES string of the molecule is CCOC(=O)c1cnn2c(-c3cccc(NC(=O)c4c(Br)c(C(F)(F)F)nn4C)c3)ccnc12. The predicted molar refractivity (Wildman–Crippen MR) is 118 cm³/mol. The number of fused-ring (bicyclic) bond motifs is 1. The number of aromatic nitrogens is 5. The molecule has 0 aliphatic heterocycles. The van der Waals surface area contributed by atoms with Crippen molar-refractivity contribution >= 4 is 39.1 Å². The number of aryl methyl sites for hydroxylation is 1. The Balaban J connectivity index is 1.67. The van der Waals surface area contributed by atoms with Crippen molar-refractivity contribution < 1.29 is 27.5 Å². The lowest BCUT2D eigenvalue weighted by Gasteiger charge is -2.09. The first kappa shape index (κ1) is 23.4. The molecule has 0 bridgehead atoms. The summed E-state index contributed by atoms with van der Waals surface area (Å²) in [5.74, 6) is -1.33. The molecule has 0 saturated carbocycles. The third-order valence-corrected chi connectivity index (χ3v) is 5.54. The van der Waals surface area contributed by atoms with Crippen LogP contribution in [0.1, 0.15) is 33.5 Å². The van der Waals surface area contributed by atoms with Gasteiger partial charge in [0.1, 0.15) is 11.3 Å². The van der Waals surface area contributed by atoms with Gasteiger partial charge in [0.2, 0.25) is 0 Å². The zero-order valence-corrected chi connectivity index (χ0v) is 19.3. The van der Waals surface area contributed by atoms with Crippen molar-refractivity contribution in [3.05, 3.63) is 64.1 Å². The van der Waals surface area contributed by atoms with Crippen LogP contribution in [0.15, 0.2) is 47.2 Å².